The second kappa shape index (κ2) is 8.42. The number of aromatic nitrogens is 4. The van der Waals surface area contributed by atoms with Crippen molar-refractivity contribution >= 4 is 44.7 Å². The topological polar surface area (TPSA) is 162 Å². The monoisotopic (exact) mass is 451 g/mol. The number of rotatable bonds is 7. The van der Waals surface area contributed by atoms with Gasteiger partial charge < -0.3 is 5.32 Å². The van der Waals surface area contributed by atoms with Crippen LogP contribution in [0.25, 0.3) is 0 Å². The van der Waals surface area contributed by atoms with Crippen molar-refractivity contribution in [3.63, 3.8) is 0 Å². The maximum atomic E-state index is 12.4. The van der Waals surface area contributed by atoms with Gasteiger partial charge in [-0.3, -0.25) is 24.3 Å². The molecule has 0 atom stereocenters. The van der Waals surface area contributed by atoms with Gasteiger partial charge in [-0.1, -0.05) is 11.6 Å². The number of benzene rings is 1. The molecule has 1 aromatic carbocycles. The number of anilines is 2. The van der Waals surface area contributed by atoms with E-state index in [2.05, 4.69) is 25.3 Å². The Balaban J connectivity index is 1.65. The number of carbonyl (C=O) groups is 1. The molecule has 3 rings (SSSR count). The lowest BCUT2D eigenvalue weighted by atomic mass is 10.3. The lowest BCUT2D eigenvalue weighted by molar-refractivity contribution is -0.385. The third-order valence-corrected chi connectivity index (χ3v) is 5.46. The summed E-state index contributed by atoms with van der Waals surface area (Å²) in [5.41, 5.74) is 0.396. The largest absolute Gasteiger partial charge is 0.324 e. The number of halogens is 1. The Kier molecular flexibility index (Phi) is 5.94. The van der Waals surface area contributed by atoms with E-state index in [0.717, 1.165) is 6.20 Å². The van der Waals surface area contributed by atoms with Gasteiger partial charge in [0.1, 0.15) is 18.4 Å². The van der Waals surface area contributed by atoms with Crippen molar-refractivity contribution in [2.45, 2.75) is 18.4 Å². The summed E-state index contributed by atoms with van der Waals surface area (Å²) >= 11 is 5.61. The van der Waals surface area contributed by atoms with Crippen molar-refractivity contribution in [3.05, 3.63) is 63.6 Å². The molecular weight excluding hydrogens is 438 g/mol. The van der Waals surface area contributed by atoms with Crippen LogP contribution in [-0.4, -0.2) is 39.2 Å². The minimum absolute atomic E-state index is 0.000431. The van der Waals surface area contributed by atoms with Crippen molar-refractivity contribution in [2.75, 3.05) is 10.0 Å². The number of hydrogen-bond acceptors (Lipinski definition) is 8. The van der Waals surface area contributed by atoms with E-state index in [1.54, 1.807) is 0 Å². The highest BCUT2D eigenvalue weighted by Gasteiger charge is 2.18. The zero-order valence-electron chi connectivity index (χ0n) is 15.3. The quantitative estimate of drug-likeness (QED) is 0.407. The van der Waals surface area contributed by atoms with E-state index in [1.807, 2.05) is 0 Å². The number of amides is 1. The van der Waals surface area contributed by atoms with Gasteiger partial charge in [-0.15, -0.1) is 10.2 Å². The molecule has 3 aromatic rings. The van der Waals surface area contributed by atoms with Crippen molar-refractivity contribution in [1.29, 1.82) is 0 Å². The van der Waals surface area contributed by atoms with Gasteiger partial charge in [0, 0.05) is 5.69 Å². The predicted molar refractivity (Wildman–Crippen MR) is 107 cm³/mol. The molecular formula is C16H14ClN7O5S. The molecule has 0 aliphatic rings. The Morgan fingerprint density at radius 3 is 2.47 bits per heavy atom. The van der Waals surface area contributed by atoms with Crippen molar-refractivity contribution in [3.8, 4) is 0 Å². The van der Waals surface area contributed by atoms with Crippen LogP contribution < -0.4 is 10.0 Å². The minimum Gasteiger partial charge on any atom is -0.324 e. The van der Waals surface area contributed by atoms with Gasteiger partial charge in [-0.05, 0) is 43.3 Å². The summed E-state index contributed by atoms with van der Waals surface area (Å²) in [6.45, 7) is 1.24. The summed E-state index contributed by atoms with van der Waals surface area (Å²) in [6.07, 6.45) is 1.07. The number of nitrogens with one attached hydrogen (secondary N) is 2. The molecule has 30 heavy (non-hydrogen) atoms. The number of nitrogens with zero attached hydrogens (tertiary/aromatic N) is 5. The van der Waals surface area contributed by atoms with Crippen LogP contribution in [0.2, 0.25) is 5.15 Å². The predicted octanol–water partition coefficient (Wildman–Crippen LogP) is 1.98. The highest BCUT2D eigenvalue weighted by molar-refractivity contribution is 7.92. The van der Waals surface area contributed by atoms with Gasteiger partial charge in [0.15, 0.2) is 11.0 Å². The highest BCUT2D eigenvalue weighted by atomic mass is 35.5. The lowest BCUT2D eigenvalue weighted by Crippen LogP contribution is -2.20. The van der Waals surface area contributed by atoms with Crippen LogP contribution in [0.3, 0.4) is 0 Å². The molecule has 2 N–H and O–H groups in total. The SMILES string of the molecule is Cc1c([N+](=O)[O-])cnn1CC(=O)Nc1ccc(S(=O)(=O)Nc2ccc(Cl)nn2)cc1. The fourth-order valence-corrected chi connectivity index (χ4v) is 3.49. The molecule has 0 saturated heterocycles. The molecule has 156 valence electrons. The van der Waals surface area contributed by atoms with Gasteiger partial charge in [0.05, 0.1) is 9.82 Å². The Labute approximate surface area is 175 Å². The Bertz CT molecular complexity index is 1190. The van der Waals surface area contributed by atoms with Crippen LogP contribution >= 0.6 is 11.6 Å². The first-order valence-corrected chi connectivity index (χ1v) is 10.1. The molecule has 2 heterocycles. The maximum Gasteiger partial charge on any atom is 0.309 e. The molecule has 12 nitrogen and oxygen atoms in total. The average Bonchev–Trinajstić information content (AvgIpc) is 3.04. The molecule has 2 aromatic heterocycles. The van der Waals surface area contributed by atoms with E-state index in [1.165, 1.54) is 48.0 Å². The Morgan fingerprint density at radius 1 is 1.20 bits per heavy atom. The van der Waals surface area contributed by atoms with Crippen LogP contribution in [0.1, 0.15) is 5.69 Å². The fraction of sp³-hybridized carbons (Fsp3) is 0.125. The van der Waals surface area contributed by atoms with Crippen molar-refractivity contribution in [2.24, 2.45) is 0 Å². The van der Waals surface area contributed by atoms with Gasteiger partial charge in [-0.2, -0.15) is 5.10 Å². The number of nitro groups is 1. The maximum absolute atomic E-state index is 12.4. The van der Waals surface area contributed by atoms with Crippen molar-refractivity contribution < 1.29 is 18.1 Å². The third-order valence-electron chi connectivity index (χ3n) is 3.89. The van der Waals surface area contributed by atoms with Crippen molar-refractivity contribution in [1.82, 2.24) is 20.0 Å². The Morgan fingerprint density at radius 2 is 1.90 bits per heavy atom. The van der Waals surface area contributed by atoms with E-state index >= 15 is 0 Å². The molecule has 0 radical (unpaired) electrons. The molecule has 14 heteroatoms. The normalized spacial score (nSPS) is 11.1. The highest BCUT2D eigenvalue weighted by Crippen LogP contribution is 2.19. The standard InChI is InChI=1S/C16H14ClN7O5S/c1-10-13(24(26)27)8-18-23(10)9-16(25)19-11-2-4-12(5-3-11)30(28,29)22-15-7-6-14(17)20-21-15/h2-8H,9H2,1H3,(H,19,25)(H,21,22). The summed E-state index contributed by atoms with van der Waals surface area (Å²) in [5, 5.41) is 24.5. The summed E-state index contributed by atoms with van der Waals surface area (Å²) < 4.78 is 28.2. The smallest absolute Gasteiger partial charge is 0.309 e. The molecule has 0 fully saturated rings. The van der Waals surface area contributed by atoms with Gasteiger partial charge in [0.2, 0.25) is 5.91 Å². The summed E-state index contributed by atoms with van der Waals surface area (Å²) in [7, 11) is -3.92. The average molecular weight is 452 g/mol. The molecule has 0 aliphatic carbocycles. The van der Waals surface area contributed by atoms with Crippen LogP contribution in [0, 0.1) is 17.0 Å². The second-order valence-electron chi connectivity index (χ2n) is 5.95. The molecule has 0 unspecified atom stereocenters. The molecule has 1 amide bonds. The molecule has 0 bridgehead atoms. The fourth-order valence-electron chi connectivity index (χ4n) is 2.40. The summed E-state index contributed by atoms with van der Waals surface area (Å²) in [6, 6.07) is 8.15. The van der Waals surface area contributed by atoms with Crippen LogP contribution in [-0.2, 0) is 21.4 Å². The second-order valence-corrected chi connectivity index (χ2v) is 8.02. The van der Waals surface area contributed by atoms with Crippen LogP contribution in [0.4, 0.5) is 17.2 Å². The van der Waals surface area contributed by atoms with E-state index in [0.29, 0.717) is 5.69 Å². The first-order chi connectivity index (χ1) is 14.2. The number of hydrogen-bond donors (Lipinski definition) is 2. The lowest BCUT2D eigenvalue weighted by Gasteiger charge is -2.09. The van der Waals surface area contributed by atoms with Gasteiger partial charge >= 0.3 is 5.69 Å². The number of carbonyl (C=O) groups excluding carboxylic acids is 1. The van der Waals surface area contributed by atoms with Crippen LogP contribution in [0.15, 0.2) is 47.5 Å². The molecule has 0 saturated carbocycles. The summed E-state index contributed by atoms with van der Waals surface area (Å²) in [4.78, 5) is 22.4. The molecule has 0 spiro atoms. The first kappa shape index (κ1) is 21.1. The zero-order chi connectivity index (χ0) is 21.9. The third kappa shape index (κ3) is 4.87. The number of sulfonamides is 1. The van der Waals surface area contributed by atoms with Gasteiger partial charge in [-0.25, -0.2) is 8.42 Å². The van der Waals surface area contributed by atoms with Gasteiger partial charge in [0.25, 0.3) is 10.0 Å². The van der Waals surface area contributed by atoms with E-state index in [4.69, 9.17) is 11.6 Å². The van der Waals surface area contributed by atoms with E-state index < -0.39 is 20.9 Å². The van der Waals surface area contributed by atoms with E-state index in [9.17, 15) is 23.3 Å². The minimum atomic E-state index is -3.92. The first-order valence-electron chi connectivity index (χ1n) is 8.24. The Hall–Kier alpha value is -3.58. The zero-order valence-corrected chi connectivity index (χ0v) is 16.9. The van der Waals surface area contributed by atoms with Crippen LogP contribution in [0.5, 0.6) is 0 Å². The molecule has 0 aliphatic heterocycles. The summed E-state index contributed by atoms with van der Waals surface area (Å²) in [5.74, 6) is -0.485. The van der Waals surface area contributed by atoms with E-state index in [-0.39, 0.29) is 33.8 Å².